The molecule has 0 aliphatic heterocycles. The largest absolute Gasteiger partial charge is 0.370 e. The maximum absolute atomic E-state index is 5.94. The van der Waals surface area contributed by atoms with E-state index in [0.717, 1.165) is 43.1 Å². The lowest BCUT2D eigenvalue weighted by atomic mass is 10.1. The third kappa shape index (κ3) is 3.92. The molecule has 0 aliphatic rings. The summed E-state index contributed by atoms with van der Waals surface area (Å²) in [5.41, 5.74) is 2.40. The van der Waals surface area contributed by atoms with Crippen molar-refractivity contribution in [3.63, 3.8) is 0 Å². The second-order valence-electron chi connectivity index (χ2n) is 4.40. The van der Waals surface area contributed by atoms with E-state index in [1.54, 1.807) is 6.07 Å². The first-order chi connectivity index (χ1) is 9.19. The highest BCUT2D eigenvalue weighted by Crippen LogP contribution is 2.12. The summed E-state index contributed by atoms with van der Waals surface area (Å²) in [6, 6.07) is 1.75. The van der Waals surface area contributed by atoms with Crippen LogP contribution in [0.2, 0.25) is 5.15 Å². The van der Waals surface area contributed by atoms with Gasteiger partial charge in [0.05, 0.1) is 6.20 Å². The Hall–Kier alpha value is -1.62. The van der Waals surface area contributed by atoms with Crippen LogP contribution in [0.4, 0.5) is 5.82 Å². The zero-order valence-corrected chi connectivity index (χ0v) is 12.0. The van der Waals surface area contributed by atoms with E-state index in [0.29, 0.717) is 5.15 Å². The molecule has 2 aromatic rings. The molecule has 2 heterocycles. The highest BCUT2D eigenvalue weighted by molar-refractivity contribution is 6.29. The van der Waals surface area contributed by atoms with Crippen LogP contribution in [0.3, 0.4) is 0 Å². The van der Waals surface area contributed by atoms with Crippen molar-refractivity contribution in [2.24, 2.45) is 0 Å². The van der Waals surface area contributed by atoms with Crippen molar-refractivity contribution in [2.75, 3.05) is 11.9 Å². The third-order valence-corrected chi connectivity index (χ3v) is 3.11. The molecular weight excluding hydrogens is 262 g/mol. The number of halogens is 1. The van der Waals surface area contributed by atoms with Crippen molar-refractivity contribution in [3.8, 4) is 0 Å². The van der Waals surface area contributed by atoms with Gasteiger partial charge in [0.25, 0.3) is 0 Å². The van der Waals surface area contributed by atoms with Crippen molar-refractivity contribution in [1.82, 2.24) is 20.2 Å². The Labute approximate surface area is 117 Å². The van der Waals surface area contributed by atoms with Gasteiger partial charge >= 0.3 is 0 Å². The van der Waals surface area contributed by atoms with Gasteiger partial charge in [-0.3, -0.25) is 5.10 Å². The van der Waals surface area contributed by atoms with Crippen molar-refractivity contribution >= 4 is 17.4 Å². The molecule has 0 radical (unpaired) electrons. The van der Waals surface area contributed by atoms with E-state index < -0.39 is 0 Å². The SMILES string of the molecule is CCc1nc(Cl)cc(NCCCc2cn[nH]c2C)n1. The number of anilines is 1. The van der Waals surface area contributed by atoms with Crippen LogP contribution in [-0.4, -0.2) is 26.7 Å². The Morgan fingerprint density at radius 3 is 2.89 bits per heavy atom. The molecule has 6 heteroatoms. The second-order valence-corrected chi connectivity index (χ2v) is 4.78. The van der Waals surface area contributed by atoms with Crippen molar-refractivity contribution in [3.05, 3.63) is 34.5 Å². The second kappa shape index (κ2) is 6.52. The van der Waals surface area contributed by atoms with Gasteiger partial charge in [-0.1, -0.05) is 18.5 Å². The molecule has 0 atom stereocenters. The summed E-state index contributed by atoms with van der Waals surface area (Å²) in [6.07, 6.45) is 4.67. The van der Waals surface area contributed by atoms with E-state index in [2.05, 4.69) is 25.5 Å². The molecule has 102 valence electrons. The molecule has 2 N–H and O–H groups in total. The average molecular weight is 280 g/mol. The fourth-order valence-corrected chi connectivity index (χ4v) is 2.04. The minimum absolute atomic E-state index is 0.486. The van der Waals surface area contributed by atoms with Crippen LogP contribution in [0.5, 0.6) is 0 Å². The zero-order valence-electron chi connectivity index (χ0n) is 11.2. The molecule has 0 spiro atoms. The summed E-state index contributed by atoms with van der Waals surface area (Å²) >= 11 is 5.94. The van der Waals surface area contributed by atoms with E-state index in [-0.39, 0.29) is 0 Å². The lowest BCUT2D eigenvalue weighted by molar-refractivity contribution is 0.847. The summed E-state index contributed by atoms with van der Waals surface area (Å²) in [6.45, 7) is 4.89. The topological polar surface area (TPSA) is 66.5 Å². The Balaban J connectivity index is 1.82. The zero-order chi connectivity index (χ0) is 13.7. The number of aromatic amines is 1. The van der Waals surface area contributed by atoms with Crippen LogP contribution in [0.25, 0.3) is 0 Å². The molecule has 0 aliphatic carbocycles. The number of aryl methyl sites for hydroxylation is 3. The van der Waals surface area contributed by atoms with Gasteiger partial charge in [-0.2, -0.15) is 5.10 Å². The normalized spacial score (nSPS) is 10.7. The van der Waals surface area contributed by atoms with Crippen LogP contribution in [0.1, 0.15) is 30.4 Å². The number of H-pyrrole nitrogens is 1. The number of rotatable bonds is 6. The molecule has 0 aromatic carbocycles. The molecule has 0 fully saturated rings. The van der Waals surface area contributed by atoms with Crippen molar-refractivity contribution in [2.45, 2.75) is 33.1 Å². The Morgan fingerprint density at radius 2 is 2.21 bits per heavy atom. The summed E-state index contributed by atoms with van der Waals surface area (Å²) < 4.78 is 0. The van der Waals surface area contributed by atoms with Crippen LogP contribution >= 0.6 is 11.6 Å². The third-order valence-electron chi connectivity index (χ3n) is 2.92. The van der Waals surface area contributed by atoms with E-state index >= 15 is 0 Å². The molecule has 5 nitrogen and oxygen atoms in total. The first-order valence-electron chi connectivity index (χ1n) is 6.45. The summed E-state index contributed by atoms with van der Waals surface area (Å²) in [7, 11) is 0. The van der Waals surface area contributed by atoms with E-state index in [1.807, 2.05) is 20.0 Å². The number of aromatic nitrogens is 4. The highest BCUT2D eigenvalue weighted by Gasteiger charge is 2.02. The van der Waals surface area contributed by atoms with Gasteiger partial charge < -0.3 is 5.32 Å². The molecule has 0 saturated heterocycles. The number of hydrogen-bond donors (Lipinski definition) is 2. The first-order valence-corrected chi connectivity index (χ1v) is 6.83. The molecule has 2 rings (SSSR count). The monoisotopic (exact) mass is 279 g/mol. The Morgan fingerprint density at radius 1 is 1.37 bits per heavy atom. The standard InChI is InChI=1S/C13H18ClN5/c1-3-12-17-11(14)7-13(18-12)15-6-4-5-10-8-16-19-9(10)2/h7-8H,3-6H2,1-2H3,(H,16,19)(H,15,17,18). The molecular formula is C13H18ClN5. The molecule has 0 bridgehead atoms. The lowest BCUT2D eigenvalue weighted by Gasteiger charge is -2.07. The van der Waals surface area contributed by atoms with Gasteiger partial charge in [0.15, 0.2) is 0 Å². The number of nitrogens with one attached hydrogen (secondary N) is 2. The molecule has 19 heavy (non-hydrogen) atoms. The predicted octanol–water partition coefficient (Wildman–Crippen LogP) is 2.77. The lowest BCUT2D eigenvalue weighted by Crippen LogP contribution is -2.06. The minimum Gasteiger partial charge on any atom is -0.370 e. The summed E-state index contributed by atoms with van der Waals surface area (Å²) in [4.78, 5) is 8.51. The van der Waals surface area contributed by atoms with Crippen LogP contribution in [0.15, 0.2) is 12.3 Å². The smallest absolute Gasteiger partial charge is 0.134 e. The summed E-state index contributed by atoms with van der Waals surface area (Å²) in [5.74, 6) is 1.56. The van der Waals surface area contributed by atoms with Gasteiger partial charge in [0.2, 0.25) is 0 Å². The maximum Gasteiger partial charge on any atom is 0.134 e. The van der Waals surface area contributed by atoms with Gasteiger partial charge in [-0.25, -0.2) is 9.97 Å². The Bertz CT molecular complexity index is 538. The van der Waals surface area contributed by atoms with Gasteiger partial charge in [0.1, 0.15) is 16.8 Å². The van der Waals surface area contributed by atoms with Crippen molar-refractivity contribution < 1.29 is 0 Å². The fourth-order valence-electron chi connectivity index (χ4n) is 1.84. The summed E-state index contributed by atoms with van der Waals surface area (Å²) in [5, 5.41) is 10.7. The van der Waals surface area contributed by atoms with Crippen LogP contribution in [0, 0.1) is 6.92 Å². The van der Waals surface area contributed by atoms with Crippen molar-refractivity contribution in [1.29, 1.82) is 0 Å². The predicted molar refractivity (Wildman–Crippen MR) is 76.6 cm³/mol. The van der Waals surface area contributed by atoms with Gasteiger partial charge in [0, 0.05) is 24.7 Å². The highest BCUT2D eigenvalue weighted by atomic mass is 35.5. The number of nitrogens with zero attached hydrogens (tertiary/aromatic N) is 3. The Kier molecular flexibility index (Phi) is 4.74. The molecule has 2 aromatic heterocycles. The van der Waals surface area contributed by atoms with Crippen LogP contribution in [-0.2, 0) is 12.8 Å². The van der Waals surface area contributed by atoms with Gasteiger partial charge in [-0.05, 0) is 25.3 Å². The average Bonchev–Trinajstić information content (AvgIpc) is 2.80. The number of hydrogen-bond acceptors (Lipinski definition) is 4. The molecule has 0 unspecified atom stereocenters. The molecule has 0 amide bonds. The quantitative estimate of drug-likeness (QED) is 0.630. The van der Waals surface area contributed by atoms with Crippen LogP contribution < -0.4 is 5.32 Å². The van der Waals surface area contributed by atoms with E-state index in [1.165, 1.54) is 5.56 Å². The first kappa shape index (κ1) is 13.8. The van der Waals surface area contributed by atoms with E-state index in [9.17, 15) is 0 Å². The maximum atomic E-state index is 5.94. The molecule has 0 saturated carbocycles. The fraction of sp³-hybridized carbons (Fsp3) is 0.462. The van der Waals surface area contributed by atoms with E-state index in [4.69, 9.17) is 11.6 Å². The van der Waals surface area contributed by atoms with Gasteiger partial charge in [-0.15, -0.1) is 0 Å². The minimum atomic E-state index is 0.486.